The second-order valence-electron chi connectivity index (χ2n) is 10.3. The van der Waals surface area contributed by atoms with E-state index >= 15 is 0 Å². The normalized spacial score (nSPS) is 12.8. The van der Waals surface area contributed by atoms with Crippen LogP contribution < -0.4 is 0 Å². The predicted molar refractivity (Wildman–Crippen MR) is 168 cm³/mol. The molecule has 184 valence electrons. The summed E-state index contributed by atoms with van der Waals surface area (Å²) >= 11 is 1.83. The van der Waals surface area contributed by atoms with Gasteiger partial charge in [-0.25, -0.2) is 0 Å². The van der Waals surface area contributed by atoms with Crippen molar-refractivity contribution in [2.75, 3.05) is 0 Å². The highest BCUT2D eigenvalue weighted by Gasteiger charge is 2.23. The van der Waals surface area contributed by atoms with Crippen molar-refractivity contribution in [1.29, 1.82) is 0 Å². The van der Waals surface area contributed by atoms with Gasteiger partial charge in [-0.2, -0.15) is 0 Å². The van der Waals surface area contributed by atoms with E-state index in [-0.39, 0.29) is 0 Å². The summed E-state index contributed by atoms with van der Waals surface area (Å²) in [4.78, 5) is 4.36. The molecule has 1 nitrogen and oxygen atoms in total. The number of aromatic nitrogens is 1. The second-order valence-corrected chi connectivity index (χ2v) is 11.2. The first kappa shape index (κ1) is 22.5. The Morgan fingerprint density at radius 2 is 1.46 bits per heavy atom. The van der Waals surface area contributed by atoms with Crippen LogP contribution in [0.4, 0.5) is 0 Å². The largest absolute Gasteiger partial charge is 0.264 e. The van der Waals surface area contributed by atoms with Crippen molar-refractivity contribution in [2.24, 2.45) is 0 Å². The Kier molecular flexibility index (Phi) is 5.21. The Morgan fingerprint density at radius 3 is 2.33 bits per heavy atom. The van der Waals surface area contributed by atoms with Crippen LogP contribution in [-0.4, -0.2) is 4.98 Å². The lowest BCUT2D eigenvalue weighted by Gasteiger charge is -2.24. The molecule has 2 heterocycles. The van der Waals surface area contributed by atoms with Gasteiger partial charge in [0.1, 0.15) is 0 Å². The topological polar surface area (TPSA) is 12.9 Å². The molecule has 7 aromatic rings. The number of hydrogen-bond donors (Lipinski definition) is 0. The van der Waals surface area contributed by atoms with Crippen LogP contribution in [0.15, 0.2) is 121 Å². The molecule has 0 unspecified atom stereocenters. The van der Waals surface area contributed by atoms with Crippen LogP contribution in [0, 0.1) is 0 Å². The summed E-state index contributed by atoms with van der Waals surface area (Å²) in [7, 11) is 0. The molecule has 1 aliphatic carbocycles. The molecule has 8 rings (SSSR count). The van der Waals surface area contributed by atoms with Crippen LogP contribution in [0.5, 0.6) is 0 Å². The molecular weight excluding hydrogens is 490 g/mol. The van der Waals surface area contributed by atoms with Crippen LogP contribution in [0.1, 0.15) is 17.5 Å². The highest BCUT2D eigenvalue weighted by Crippen LogP contribution is 2.48. The number of hydrogen-bond acceptors (Lipinski definition) is 2. The van der Waals surface area contributed by atoms with Crippen LogP contribution >= 0.6 is 11.3 Å². The molecule has 0 atom stereocenters. The van der Waals surface area contributed by atoms with Crippen LogP contribution in [0.2, 0.25) is 0 Å². The standard InChI is InChI=1S/C37H25NS/c1-2-12-27-24(9-1)10-7-17-28(27)36-29-13-3-5-15-31(29)37(32-16-6-4-14-30(32)36)34-23-39-35-19-18-25(21-33(34)35)26-11-8-20-38-22-26/h1-3,5-13,15-23H,4,14H2. The van der Waals surface area contributed by atoms with Crippen LogP contribution in [-0.2, 0) is 6.42 Å². The molecule has 0 saturated heterocycles. The minimum absolute atomic E-state index is 1.05. The number of nitrogens with zero attached hydrogens (tertiary/aromatic N) is 1. The van der Waals surface area contributed by atoms with E-state index in [0.717, 1.165) is 18.4 Å². The molecule has 0 N–H and O–H groups in total. The molecule has 0 saturated carbocycles. The summed E-state index contributed by atoms with van der Waals surface area (Å²) in [6.07, 6.45) is 10.6. The first-order valence-corrected chi connectivity index (χ1v) is 14.4. The molecule has 0 amide bonds. The van der Waals surface area contributed by atoms with E-state index in [1.165, 1.54) is 70.6 Å². The van der Waals surface area contributed by atoms with E-state index in [9.17, 15) is 0 Å². The van der Waals surface area contributed by atoms with Crippen molar-refractivity contribution in [1.82, 2.24) is 4.98 Å². The first-order chi connectivity index (χ1) is 19.4. The Morgan fingerprint density at radius 1 is 0.641 bits per heavy atom. The average Bonchev–Trinajstić information content (AvgIpc) is 3.43. The van der Waals surface area contributed by atoms with E-state index in [4.69, 9.17) is 0 Å². The minimum Gasteiger partial charge on any atom is -0.264 e. The molecule has 0 radical (unpaired) electrons. The van der Waals surface area contributed by atoms with Gasteiger partial charge in [-0.05, 0) is 91.3 Å². The SMILES string of the molecule is C1=Cc2c(c(-c3cccc4ccccc34)c3ccccc3c2-c2csc3ccc(-c4cccnc4)cc23)CC1. The van der Waals surface area contributed by atoms with Gasteiger partial charge < -0.3 is 0 Å². The van der Waals surface area contributed by atoms with Gasteiger partial charge in [0.05, 0.1) is 0 Å². The van der Waals surface area contributed by atoms with Gasteiger partial charge in [0, 0.05) is 33.6 Å². The van der Waals surface area contributed by atoms with Crippen LogP contribution in [0.3, 0.4) is 0 Å². The highest BCUT2D eigenvalue weighted by atomic mass is 32.1. The van der Waals surface area contributed by atoms with E-state index < -0.39 is 0 Å². The zero-order valence-electron chi connectivity index (χ0n) is 21.4. The third-order valence-corrected chi connectivity index (χ3v) is 9.07. The van der Waals surface area contributed by atoms with Crippen molar-refractivity contribution < 1.29 is 0 Å². The minimum atomic E-state index is 1.05. The quantitative estimate of drug-likeness (QED) is 0.228. The van der Waals surface area contributed by atoms with E-state index in [0.29, 0.717) is 0 Å². The number of benzene rings is 5. The van der Waals surface area contributed by atoms with Crippen molar-refractivity contribution in [3.8, 4) is 33.4 Å². The van der Waals surface area contributed by atoms with Gasteiger partial charge in [-0.3, -0.25) is 4.98 Å². The molecule has 2 heteroatoms. The van der Waals surface area contributed by atoms with Gasteiger partial charge in [0.2, 0.25) is 0 Å². The average molecular weight is 516 g/mol. The lowest BCUT2D eigenvalue weighted by Crippen LogP contribution is -2.02. The van der Waals surface area contributed by atoms with Gasteiger partial charge in [0.25, 0.3) is 0 Å². The summed E-state index contributed by atoms with van der Waals surface area (Å²) in [5, 5.41) is 8.93. The highest BCUT2D eigenvalue weighted by molar-refractivity contribution is 7.17. The summed E-state index contributed by atoms with van der Waals surface area (Å²) in [6, 6.07) is 35.5. The summed E-state index contributed by atoms with van der Waals surface area (Å²) < 4.78 is 1.31. The fourth-order valence-corrected chi connectivity index (χ4v) is 7.29. The number of allylic oxidation sites excluding steroid dienone is 1. The molecule has 5 aromatic carbocycles. The van der Waals surface area contributed by atoms with Gasteiger partial charge in [-0.1, -0.05) is 91.0 Å². The Bertz CT molecular complexity index is 2060. The summed E-state index contributed by atoms with van der Waals surface area (Å²) in [6.45, 7) is 0. The zero-order chi connectivity index (χ0) is 25.8. The molecule has 0 aliphatic heterocycles. The molecular formula is C37H25NS. The number of rotatable bonds is 3. The van der Waals surface area contributed by atoms with Crippen LogP contribution in [0.25, 0.3) is 71.1 Å². The monoisotopic (exact) mass is 515 g/mol. The van der Waals surface area contributed by atoms with Gasteiger partial charge in [-0.15, -0.1) is 11.3 Å². The molecule has 2 aromatic heterocycles. The maximum Gasteiger partial charge on any atom is 0.0349 e. The molecule has 0 fully saturated rings. The summed E-state index contributed by atoms with van der Waals surface area (Å²) in [5.41, 5.74) is 10.6. The lowest BCUT2D eigenvalue weighted by molar-refractivity contribution is 0.992. The van der Waals surface area contributed by atoms with E-state index in [1.807, 2.05) is 29.8 Å². The third kappa shape index (κ3) is 3.56. The predicted octanol–water partition coefficient (Wildman–Crippen LogP) is 10.6. The number of thiophene rings is 1. The molecule has 39 heavy (non-hydrogen) atoms. The smallest absolute Gasteiger partial charge is 0.0349 e. The fraction of sp³-hybridized carbons (Fsp3) is 0.0541. The van der Waals surface area contributed by atoms with Gasteiger partial charge >= 0.3 is 0 Å². The second kappa shape index (κ2) is 9.04. The maximum atomic E-state index is 4.36. The number of fused-ring (bicyclic) bond motifs is 4. The van der Waals surface area contributed by atoms with Crippen molar-refractivity contribution in [3.63, 3.8) is 0 Å². The lowest BCUT2D eigenvalue weighted by atomic mass is 9.79. The first-order valence-electron chi connectivity index (χ1n) is 13.5. The van der Waals surface area contributed by atoms with Crippen molar-refractivity contribution in [2.45, 2.75) is 12.8 Å². The zero-order valence-corrected chi connectivity index (χ0v) is 22.2. The van der Waals surface area contributed by atoms with Crippen molar-refractivity contribution in [3.05, 3.63) is 132 Å². The van der Waals surface area contributed by atoms with E-state index in [2.05, 4.69) is 114 Å². The van der Waals surface area contributed by atoms with Crippen molar-refractivity contribution >= 4 is 49.0 Å². The third-order valence-electron chi connectivity index (χ3n) is 8.10. The van der Waals surface area contributed by atoms with E-state index in [1.54, 1.807) is 0 Å². The number of pyridine rings is 1. The molecule has 1 aliphatic rings. The molecule has 0 bridgehead atoms. The van der Waals surface area contributed by atoms with Gasteiger partial charge in [0.15, 0.2) is 0 Å². The summed E-state index contributed by atoms with van der Waals surface area (Å²) in [5.74, 6) is 0. The molecule has 0 spiro atoms. The Labute approximate surface area is 231 Å². The fourth-order valence-electron chi connectivity index (χ4n) is 6.36. The Hall–Kier alpha value is -4.53. The Balaban J connectivity index is 1.47. The maximum absolute atomic E-state index is 4.36.